The van der Waals surface area contributed by atoms with Gasteiger partial charge in [0.15, 0.2) is 5.11 Å². The largest absolute Gasteiger partial charge is 0.466 e. The molecule has 0 aromatic heterocycles. The smallest absolute Gasteiger partial charge is 0.337 e. The number of allylic oxidation sites excluding steroid dienone is 1. The van der Waals surface area contributed by atoms with E-state index in [1.54, 1.807) is 6.07 Å². The molecule has 0 fully saturated rings. The Kier molecular flexibility index (Phi) is 7.48. The number of nitrogens with zero attached hydrogens (tertiary/aromatic N) is 1. The lowest BCUT2D eigenvalue weighted by atomic mass is 9.94. The molecule has 1 heterocycles. The van der Waals surface area contributed by atoms with Crippen LogP contribution in [0.3, 0.4) is 0 Å². The van der Waals surface area contributed by atoms with Gasteiger partial charge >= 0.3 is 12.0 Å². The van der Waals surface area contributed by atoms with Gasteiger partial charge in [0, 0.05) is 23.6 Å². The number of ether oxygens (including phenoxy) is 1. The molecule has 0 bridgehead atoms. The molecule has 1 aliphatic heterocycles. The number of hydrogen-bond acceptors (Lipinski definition) is 4. The lowest BCUT2D eigenvalue weighted by Crippen LogP contribution is -2.47. The average Bonchev–Trinajstić information content (AvgIpc) is 2.79. The molecule has 3 N–H and O–H groups in total. The van der Waals surface area contributed by atoms with E-state index in [2.05, 4.69) is 22.9 Å². The van der Waals surface area contributed by atoms with Crippen LogP contribution in [0.2, 0.25) is 0 Å². The van der Waals surface area contributed by atoms with Crippen LogP contribution < -0.4 is 16.0 Å². The van der Waals surface area contributed by atoms with Crippen LogP contribution in [0, 0.1) is 0 Å². The summed E-state index contributed by atoms with van der Waals surface area (Å²) in [7, 11) is 1.36. The minimum absolute atomic E-state index is 0.351. The molecule has 0 saturated heterocycles. The van der Waals surface area contributed by atoms with Gasteiger partial charge in [-0.25, -0.2) is 9.59 Å². The van der Waals surface area contributed by atoms with E-state index >= 15 is 0 Å². The Balaban J connectivity index is 1.82. The highest BCUT2D eigenvalue weighted by atomic mass is 32.1. The second-order valence-electron chi connectivity index (χ2n) is 7.37. The molecule has 0 spiro atoms. The molecule has 1 aliphatic rings. The van der Waals surface area contributed by atoms with Gasteiger partial charge in [-0.3, -0.25) is 0 Å². The van der Waals surface area contributed by atoms with Gasteiger partial charge in [0.2, 0.25) is 0 Å². The van der Waals surface area contributed by atoms with E-state index in [0.717, 1.165) is 17.7 Å². The standard InChI is InChI=1S/C24H28N4O3S/c1-5-16-10-12-18(13-11-16)25-23(30)26-19-9-7-8-17(14-19)21-20(22(29)31-4)15(3)28(6-2)24(32)27-21/h7-14,21H,5-6H2,1-4H3,(H,27,32)(H2,25,26,30)/t21-/m1/s1. The molecule has 0 radical (unpaired) electrons. The fraction of sp³-hybridized carbons (Fsp3) is 0.292. The number of carbonyl (C=O) groups is 2. The highest BCUT2D eigenvalue weighted by Crippen LogP contribution is 2.32. The molecule has 2 aromatic carbocycles. The van der Waals surface area contributed by atoms with Gasteiger partial charge in [0.25, 0.3) is 0 Å². The molecule has 0 saturated carbocycles. The van der Waals surface area contributed by atoms with Crippen molar-refractivity contribution >= 4 is 40.7 Å². The molecule has 32 heavy (non-hydrogen) atoms. The van der Waals surface area contributed by atoms with Crippen LogP contribution in [-0.2, 0) is 16.0 Å². The van der Waals surface area contributed by atoms with E-state index in [4.69, 9.17) is 17.0 Å². The third-order valence-corrected chi connectivity index (χ3v) is 5.75. The van der Waals surface area contributed by atoms with E-state index in [-0.39, 0.29) is 6.03 Å². The average molecular weight is 453 g/mol. The van der Waals surface area contributed by atoms with Crippen LogP contribution in [0.4, 0.5) is 16.2 Å². The zero-order valence-electron chi connectivity index (χ0n) is 18.7. The number of carbonyl (C=O) groups excluding carboxylic acids is 2. The molecule has 0 aliphatic carbocycles. The van der Waals surface area contributed by atoms with Gasteiger partial charge in [0.1, 0.15) is 0 Å². The Morgan fingerprint density at radius 1 is 1.09 bits per heavy atom. The van der Waals surface area contributed by atoms with Gasteiger partial charge in [-0.2, -0.15) is 0 Å². The van der Waals surface area contributed by atoms with Crippen LogP contribution in [0.5, 0.6) is 0 Å². The lowest BCUT2D eigenvalue weighted by Gasteiger charge is -2.37. The van der Waals surface area contributed by atoms with Crippen LogP contribution in [0.15, 0.2) is 59.8 Å². The summed E-state index contributed by atoms with van der Waals surface area (Å²) in [6, 6.07) is 14.2. The van der Waals surface area contributed by atoms with Crippen molar-refractivity contribution in [2.75, 3.05) is 24.3 Å². The van der Waals surface area contributed by atoms with E-state index in [1.807, 2.05) is 61.2 Å². The topological polar surface area (TPSA) is 82.7 Å². The summed E-state index contributed by atoms with van der Waals surface area (Å²) in [6.45, 7) is 6.53. The first-order valence-electron chi connectivity index (χ1n) is 10.5. The number of aryl methyl sites for hydroxylation is 1. The highest BCUT2D eigenvalue weighted by Gasteiger charge is 2.34. The normalized spacial score (nSPS) is 15.8. The summed E-state index contributed by atoms with van der Waals surface area (Å²) >= 11 is 5.50. The SMILES string of the molecule is CCc1ccc(NC(=O)Nc2cccc([C@H]3NC(=S)N(CC)C(C)=C3C(=O)OC)c2)cc1. The zero-order valence-corrected chi connectivity index (χ0v) is 19.5. The number of amides is 2. The summed E-state index contributed by atoms with van der Waals surface area (Å²) in [5.74, 6) is -0.424. The minimum Gasteiger partial charge on any atom is -0.466 e. The summed E-state index contributed by atoms with van der Waals surface area (Å²) < 4.78 is 5.03. The van der Waals surface area contributed by atoms with E-state index in [9.17, 15) is 9.59 Å². The van der Waals surface area contributed by atoms with E-state index < -0.39 is 12.0 Å². The number of anilines is 2. The zero-order chi connectivity index (χ0) is 23.3. The van der Waals surface area contributed by atoms with Crippen LogP contribution in [0.1, 0.15) is 37.9 Å². The molecule has 2 aromatic rings. The molecule has 168 valence electrons. The Morgan fingerprint density at radius 3 is 2.41 bits per heavy atom. The van der Waals surface area contributed by atoms with Crippen molar-refractivity contribution in [3.05, 3.63) is 70.9 Å². The Hall–Kier alpha value is -3.39. The molecular formula is C24H28N4O3S. The maximum Gasteiger partial charge on any atom is 0.337 e. The number of nitrogens with one attached hydrogen (secondary N) is 3. The number of esters is 1. The predicted molar refractivity (Wildman–Crippen MR) is 130 cm³/mol. The third-order valence-electron chi connectivity index (χ3n) is 5.42. The Bertz CT molecular complexity index is 1050. The third kappa shape index (κ3) is 5.08. The van der Waals surface area contributed by atoms with Crippen LogP contribution in [-0.4, -0.2) is 35.7 Å². The van der Waals surface area contributed by atoms with Crippen molar-refractivity contribution in [2.24, 2.45) is 0 Å². The van der Waals surface area contributed by atoms with Crippen molar-refractivity contribution in [1.82, 2.24) is 10.2 Å². The molecule has 7 nitrogen and oxygen atoms in total. The lowest BCUT2D eigenvalue weighted by molar-refractivity contribution is -0.136. The quantitative estimate of drug-likeness (QED) is 0.439. The summed E-state index contributed by atoms with van der Waals surface area (Å²) in [5.41, 5.74) is 4.53. The monoisotopic (exact) mass is 452 g/mol. The maximum atomic E-state index is 12.6. The predicted octanol–water partition coefficient (Wildman–Crippen LogP) is 4.59. The number of rotatable bonds is 6. The minimum atomic E-state index is -0.482. The van der Waals surface area contributed by atoms with Crippen molar-refractivity contribution in [2.45, 2.75) is 33.2 Å². The molecule has 1 atom stereocenters. The van der Waals surface area contributed by atoms with Crippen molar-refractivity contribution in [1.29, 1.82) is 0 Å². The number of hydrogen-bond donors (Lipinski definition) is 3. The summed E-state index contributed by atoms with van der Waals surface area (Å²) in [6.07, 6.45) is 0.940. The Morgan fingerprint density at radius 2 is 1.78 bits per heavy atom. The second-order valence-corrected chi connectivity index (χ2v) is 7.76. The van der Waals surface area contributed by atoms with E-state index in [1.165, 1.54) is 12.7 Å². The van der Waals surface area contributed by atoms with Crippen molar-refractivity contribution in [3.8, 4) is 0 Å². The number of urea groups is 1. The van der Waals surface area contributed by atoms with Crippen molar-refractivity contribution in [3.63, 3.8) is 0 Å². The second kappa shape index (κ2) is 10.3. The first-order chi connectivity index (χ1) is 15.4. The molecule has 0 unspecified atom stereocenters. The first kappa shape index (κ1) is 23.3. The van der Waals surface area contributed by atoms with Gasteiger partial charge in [-0.05, 0) is 67.9 Å². The number of methoxy groups -OCH3 is 1. The van der Waals surface area contributed by atoms with Gasteiger partial charge in [-0.1, -0.05) is 31.2 Å². The van der Waals surface area contributed by atoms with Gasteiger partial charge in [-0.15, -0.1) is 0 Å². The van der Waals surface area contributed by atoms with Crippen LogP contribution in [0.25, 0.3) is 0 Å². The Labute approximate surface area is 193 Å². The molecule has 8 heteroatoms. The van der Waals surface area contributed by atoms with Crippen LogP contribution >= 0.6 is 12.2 Å². The van der Waals surface area contributed by atoms with Crippen molar-refractivity contribution < 1.29 is 14.3 Å². The molecular weight excluding hydrogens is 424 g/mol. The first-order valence-corrected chi connectivity index (χ1v) is 10.9. The fourth-order valence-corrected chi connectivity index (χ4v) is 4.08. The fourth-order valence-electron chi connectivity index (χ4n) is 3.70. The molecule has 3 rings (SSSR count). The maximum absolute atomic E-state index is 12.6. The number of benzene rings is 2. The molecule has 2 amide bonds. The summed E-state index contributed by atoms with van der Waals surface area (Å²) in [5, 5.41) is 9.44. The highest BCUT2D eigenvalue weighted by molar-refractivity contribution is 7.80. The van der Waals surface area contributed by atoms with E-state index in [0.29, 0.717) is 28.6 Å². The van der Waals surface area contributed by atoms with Gasteiger partial charge in [0.05, 0.1) is 18.7 Å². The summed E-state index contributed by atoms with van der Waals surface area (Å²) in [4.78, 5) is 26.9. The van der Waals surface area contributed by atoms with Gasteiger partial charge < -0.3 is 25.6 Å². The number of thiocarbonyl (C=S) groups is 1.